The van der Waals surface area contributed by atoms with Crippen LogP contribution in [0.15, 0.2) is 42.5 Å². The fraction of sp³-hybridized carbons (Fsp3) is 0.350. The minimum absolute atomic E-state index is 0.0371. The quantitative estimate of drug-likeness (QED) is 0.874. The number of fused-ring (bicyclic) bond motifs is 1. The van der Waals surface area contributed by atoms with Crippen molar-refractivity contribution in [1.82, 2.24) is 0 Å². The maximum atomic E-state index is 12.2. The lowest BCUT2D eigenvalue weighted by atomic mass is 9.91. The number of aryl methyl sites for hydroxylation is 2. The molecule has 0 saturated carbocycles. The van der Waals surface area contributed by atoms with Crippen molar-refractivity contribution >= 4 is 11.6 Å². The molecule has 1 aliphatic heterocycles. The van der Waals surface area contributed by atoms with Gasteiger partial charge >= 0.3 is 0 Å². The molecule has 23 heavy (non-hydrogen) atoms. The van der Waals surface area contributed by atoms with E-state index in [4.69, 9.17) is 5.73 Å². The van der Waals surface area contributed by atoms with Crippen LogP contribution in [0.2, 0.25) is 0 Å². The van der Waals surface area contributed by atoms with Gasteiger partial charge in [0, 0.05) is 11.7 Å². The minimum atomic E-state index is -0.0697. The number of hydrogen-bond donors (Lipinski definition) is 2. The molecule has 2 atom stereocenters. The highest BCUT2D eigenvalue weighted by Crippen LogP contribution is 2.40. The zero-order valence-electron chi connectivity index (χ0n) is 13.8. The van der Waals surface area contributed by atoms with Crippen molar-refractivity contribution in [2.45, 2.75) is 45.1 Å². The Morgan fingerprint density at radius 1 is 1.22 bits per heavy atom. The molecule has 0 bridgehead atoms. The van der Waals surface area contributed by atoms with Crippen molar-refractivity contribution in [2.75, 3.05) is 5.32 Å². The van der Waals surface area contributed by atoms with E-state index in [-0.39, 0.29) is 17.9 Å². The van der Waals surface area contributed by atoms with Crippen LogP contribution in [0.5, 0.6) is 0 Å². The molecule has 2 unspecified atom stereocenters. The zero-order valence-corrected chi connectivity index (χ0v) is 13.8. The van der Waals surface area contributed by atoms with Gasteiger partial charge in [-0.05, 0) is 42.9 Å². The second-order valence-corrected chi connectivity index (χ2v) is 6.40. The number of rotatable bonds is 5. The van der Waals surface area contributed by atoms with Crippen molar-refractivity contribution < 1.29 is 4.79 Å². The molecular weight excluding hydrogens is 284 g/mol. The maximum absolute atomic E-state index is 12.2. The van der Waals surface area contributed by atoms with Gasteiger partial charge in [-0.1, -0.05) is 55.0 Å². The molecule has 3 nitrogen and oxygen atoms in total. The van der Waals surface area contributed by atoms with E-state index in [1.807, 2.05) is 6.07 Å². The SMILES string of the molecule is CCC1C(=O)Nc2c(C(N)CCc3ccccc3)cc(C)cc21. The van der Waals surface area contributed by atoms with E-state index in [2.05, 4.69) is 55.6 Å². The molecule has 3 heteroatoms. The molecule has 2 aromatic carbocycles. The smallest absolute Gasteiger partial charge is 0.232 e. The van der Waals surface area contributed by atoms with Gasteiger partial charge in [-0.15, -0.1) is 0 Å². The van der Waals surface area contributed by atoms with Crippen LogP contribution in [0.4, 0.5) is 5.69 Å². The molecular formula is C20H24N2O. The Labute approximate surface area is 137 Å². The monoisotopic (exact) mass is 308 g/mol. The van der Waals surface area contributed by atoms with E-state index >= 15 is 0 Å². The predicted octanol–water partition coefficient (Wildman–Crippen LogP) is 4.07. The summed E-state index contributed by atoms with van der Waals surface area (Å²) in [4.78, 5) is 12.2. The molecule has 3 N–H and O–H groups in total. The highest BCUT2D eigenvalue weighted by Gasteiger charge is 2.32. The van der Waals surface area contributed by atoms with Crippen LogP contribution in [0, 0.1) is 6.92 Å². The minimum Gasteiger partial charge on any atom is -0.325 e. The van der Waals surface area contributed by atoms with Crippen LogP contribution < -0.4 is 11.1 Å². The van der Waals surface area contributed by atoms with Gasteiger partial charge in [-0.3, -0.25) is 4.79 Å². The van der Waals surface area contributed by atoms with E-state index in [9.17, 15) is 4.79 Å². The first-order valence-electron chi connectivity index (χ1n) is 8.35. The first kappa shape index (κ1) is 15.8. The Hall–Kier alpha value is -2.13. The van der Waals surface area contributed by atoms with Gasteiger partial charge in [0.1, 0.15) is 0 Å². The summed E-state index contributed by atoms with van der Waals surface area (Å²) < 4.78 is 0. The maximum Gasteiger partial charge on any atom is 0.232 e. The lowest BCUT2D eigenvalue weighted by Gasteiger charge is -2.17. The van der Waals surface area contributed by atoms with Crippen molar-refractivity contribution in [3.8, 4) is 0 Å². The standard InChI is InChI=1S/C20H24N2O/c1-3-15-16-11-13(2)12-17(19(16)22-20(15)23)18(21)10-9-14-7-5-4-6-8-14/h4-8,11-12,15,18H,3,9-10,21H2,1-2H3,(H,22,23). The Morgan fingerprint density at radius 3 is 2.65 bits per heavy atom. The average molecular weight is 308 g/mol. The molecule has 3 rings (SSSR count). The fourth-order valence-electron chi connectivity index (χ4n) is 3.43. The summed E-state index contributed by atoms with van der Waals surface area (Å²) in [5, 5.41) is 3.05. The molecule has 0 aromatic heterocycles. The molecule has 0 radical (unpaired) electrons. The van der Waals surface area contributed by atoms with Gasteiger partial charge in [0.2, 0.25) is 5.91 Å². The summed E-state index contributed by atoms with van der Waals surface area (Å²) in [6, 6.07) is 14.6. The van der Waals surface area contributed by atoms with Crippen LogP contribution in [0.1, 0.15) is 54.0 Å². The van der Waals surface area contributed by atoms with Crippen molar-refractivity contribution in [2.24, 2.45) is 5.73 Å². The first-order valence-corrected chi connectivity index (χ1v) is 8.35. The summed E-state index contributed by atoms with van der Waals surface area (Å²) in [5.74, 6) is 0.0644. The van der Waals surface area contributed by atoms with Gasteiger partial charge in [0.05, 0.1) is 5.92 Å². The van der Waals surface area contributed by atoms with Crippen LogP contribution in [0.3, 0.4) is 0 Å². The molecule has 1 heterocycles. The Bertz CT molecular complexity index is 709. The van der Waals surface area contributed by atoms with E-state index in [1.54, 1.807) is 0 Å². The Kier molecular flexibility index (Phi) is 4.49. The lowest BCUT2D eigenvalue weighted by Crippen LogP contribution is -2.15. The van der Waals surface area contributed by atoms with Crippen LogP contribution in [-0.2, 0) is 11.2 Å². The number of carbonyl (C=O) groups is 1. The van der Waals surface area contributed by atoms with Crippen molar-refractivity contribution in [1.29, 1.82) is 0 Å². The van der Waals surface area contributed by atoms with Crippen molar-refractivity contribution in [3.63, 3.8) is 0 Å². The number of amides is 1. The van der Waals surface area contributed by atoms with Gasteiger partial charge in [-0.25, -0.2) is 0 Å². The third-order valence-corrected chi connectivity index (χ3v) is 4.68. The molecule has 1 amide bonds. The number of nitrogens with two attached hydrogens (primary N) is 1. The second-order valence-electron chi connectivity index (χ2n) is 6.40. The number of anilines is 1. The molecule has 0 aliphatic carbocycles. The topological polar surface area (TPSA) is 55.1 Å². The van der Waals surface area contributed by atoms with Crippen molar-refractivity contribution in [3.05, 3.63) is 64.7 Å². The van der Waals surface area contributed by atoms with Gasteiger partial charge in [0.25, 0.3) is 0 Å². The molecule has 120 valence electrons. The van der Waals surface area contributed by atoms with Crippen LogP contribution in [-0.4, -0.2) is 5.91 Å². The van der Waals surface area contributed by atoms with Gasteiger partial charge in [0.15, 0.2) is 0 Å². The van der Waals surface area contributed by atoms with Crippen LogP contribution in [0.25, 0.3) is 0 Å². The molecule has 0 saturated heterocycles. The largest absolute Gasteiger partial charge is 0.325 e. The molecule has 1 aliphatic rings. The Balaban J connectivity index is 1.84. The lowest BCUT2D eigenvalue weighted by molar-refractivity contribution is -0.117. The number of nitrogens with one attached hydrogen (secondary N) is 1. The fourth-order valence-corrected chi connectivity index (χ4v) is 3.43. The van der Waals surface area contributed by atoms with Gasteiger partial charge in [-0.2, -0.15) is 0 Å². The van der Waals surface area contributed by atoms with E-state index in [0.717, 1.165) is 36.1 Å². The molecule has 0 spiro atoms. The molecule has 0 fully saturated rings. The average Bonchev–Trinajstić information content (AvgIpc) is 2.87. The zero-order chi connectivity index (χ0) is 16.4. The summed E-state index contributed by atoms with van der Waals surface area (Å²) in [5.41, 5.74) is 12.1. The molecule has 2 aromatic rings. The Morgan fingerprint density at radius 2 is 1.96 bits per heavy atom. The summed E-state index contributed by atoms with van der Waals surface area (Å²) in [6.07, 6.45) is 2.63. The highest BCUT2D eigenvalue weighted by molar-refractivity contribution is 6.03. The number of benzene rings is 2. The summed E-state index contributed by atoms with van der Waals surface area (Å²) >= 11 is 0. The highest BCUT2D eigenvalue weighted by atomic mass is 16.2. The van der Waals surface area contributed by atoms with Gasteiger partial charge < -0.3 is 11.1 Å². The van der Waals surface area contributed by atoms with E-state index in [0.29, 0.717) is 0 Å². The third-order valence-electron chi connectivity index (χ3n) is 4.68. The summed E-state index contributed by atoms with van der Waals surface area (Å²) in [7, 11) is 0. The third kappa shape index (κ3) is 3.15. The van der Waals surface area contributed by atoms with Crippen LogP contribution >= 0.6 is 0 Å². The summed E-state index contributed by atoms with van der Waals surface area (Å²) in [6.45, 7) is 4.12. The second kappa shape index (κ2) is 6.55. The van der Waals surface area contributed by atoms with E-state index in [1.165, 1.54) is 11.1 Å². The first-order chi connectivity index (χ1) is 11.1. The number of carbonyl (C=O) groups excluding carboxylic acids is 1. The normalized spacial score (nSPS) is 17.7. The number of hydrogen-bond acceptors (Lipinski definition) is 2. The predicted molar refractivity (Wildman–Crippen MR) is 94.5 cm³/mol. The van der Waals surface area contributed by atoms with E-state index < -0.39 is 0 Å².